The Morgan fingerprint density at radius 3 is 2.93 bits per heavy atom. The number of fused-ring (bicyclic) bond motifs is 1. The minimum absolute atomic E-state index is 0.0706. The van der Waals surface area contributed by atoms with Crippen LogP contribution in [0.15, 0.2) is 21.6 Å². The van der Waals surface area contributed by atoms with Crippen molar-refractivity contribution in [2.24, 2.45) is 5.14 Å². The molecule has 2 aromatic heterocycles. The highest BCUT2D eigenvalue weighted by molar-refractivity contribution is 7.99. The van der Waals surface area contributed by atoms with Crippen LogP contribution in [-0.2, 0) is 10.0 Å². The van der Waals surface area contributed by atoms with Crippen molar-refractivity contribution in [1.82, 2.24) is 9.38 Å². The fourth-order valence-corrected chi connectivity index (χ4v) is 3.73. The van der Waals surface area contributed by atoms with Crippen LogP contribution in [-0.4, -0.2) is 24.1 Å². The molecule has 0 amide bonds. The Balaban J connectivity index is 2.88. The van der Waals surface area contributed by atoms with Crippen LogP contribution in [0.1, 0.15) is 0 Å². The summed E-state index contributed by atoms with van der Waals surface area (Å²) in [5.41, 5.74) is 0. The predicted molar refractivity (Wildman–Crippen MR) is 56.2 cm³/mol. The molecule has 0 spiro atoms. The van der Waals surface area contributed by atoms with Crippen molar-refractivity contribution < 1.29 is 8.42 Å². The van der Waals surface area contributed by atoms with Gasteiger partial charge in [0.25, 0.3) is 10.0 Å². The van der Waals surface area contributed by atoms with Crippen molar-refractivity contribution in [3.05, 3.63) is 11.6 Å². The van der Waals surface area contributed by atoms with E-state index in [1.807, 2.05) is 0 Å². The quantitative estimate of drug-likeness (QED) is 0.797. The van der Waals surface area contributed by atoms with E-state index in [4.69, 9.17) is 5.14 Å². The highest BCUT2D eigenvalue weighted by Gasteiger charge is 2.21. The number of hydrogen-bond donors (Lipinski definition) is 1. The van der Waals surface area contributed by atoms with Gasteiger partial charge in [0, 0.05) is 11.6 Å². The summed E-state index contributed by atoms with van der Waals surface area (Å²) in [6.45, 7) is 0. The molecule has 0 atom stereocenters. The molecule has 14 heavy (non-hydrogen) atoms. The lowest BCUT2D eigenvalue weighted by Crippen LogP contribution is -2.15. The zero-order chi connectivity index (χ0) is 10.3. The summed E-state index contributed by atoms with van der Waals surface area (Å²) in [5, 5.41) is 7.39. The molecule has 0 saturated carbocycles. The Morgan fingerprint density at radius 2 is 2.36 bits per heavy atom. The molecule has 0 aromatic carbocycles. The number of hydrogen-bond acceptors (Lipinski definition) is 5. The molecule has 0 aliphatic rings. The van der Waals surface area contributed by atoms with E-state index in [2.05, 4.69) is 4.98 Å². The molecule has 0 aliphatic heterocycles. The van der Waals surface area contributed by atoms with E-state index >= 15 is 0 Å². The summed E-state index contributed by atoms with van der Waals surface area (Å²) in [6, 6.07) is 0. The summed E-state index contributed by atoms with van der Waals surface area (Å²) in [7, 11) is -3.71. The SMILES string of the molecule is CSc1nc2sccn2c1S(N)(=O)=O. The number of imidazole rings is 1. The molecule has 2 heterocycles. The molecular weight excluding hydrogens is 242 g/mol. The van der Waals surface area contributed by atoms with Gasteiger partial charge in [0.1, 0.15) is 5.03 Å². The van der Waals surface area contributed by atoms with Crippen molar-refractivity contribution in [2.45, 2.75) is 10.1 Å². The molecule has 2 aromatic rings. The lowest BCUT2D eigenvalue weighted by atomic mass is 10.9. The molecule has 76 valence electrons. The van der Waals surface area contributed by atoms with Crippen molar-refractivity contribution in [2.75, 3.05) is 6.26 Å². The Morgan fingerprint density at radius 1 is 1.64 bits per heavy atom. The van der Waals surface area contributed by atoms with E-state index in [9.17, 15) is 8.42 Å². The fraction of sp³-hybridized carbons (Fsp3) is 0.167. The third-order valence-electron chi connectivity index (χ3n) is 1.65. The predicted octanol–water partition coefficient (Wildman–Crippen LogP) is 0.765. The van der Waals surface area contributed by atoms with Crippen molar-refractivity contribution in [1.29, 1.82) is 0 Å². The van der Waals surface area contributed by atoms with Crippen molar-refractivity contribution in [3.63, 3.8) is 0 Å². The third kappa shape index (κ3) is 1.44. The first-order valence-corrected chi connectivity index (χ1v) is 7.21. The van der Waals surface area contributed by atoms with Gasteiger partial charge in [-0.15, -0.1) is 23.1 Å². The van der Waals surface area contributed by atoms with Gasteiger partial charge < -0.3 is 0 Å². The lowest BCUT2D eigenvalue weighted by Gasteiger charge is -1.97. The highest BCUT2D eigenvalue weighted by Crippen LogP contribution is 2.26. The van der Waals surface area contributed by atoms with Crippen LogP contribution in [0.25, 0.3) is 4.96 Å². The summed E-state index contributed by atoms with van der Waals surface area (Å²) in [4.78, 5) is 4.78. The van der Waals surface area contributed by atoms with Crippen LogP contribution in [0, 0.1) is 0 Å². The van der Waals surface area contributed by atoms with E-state index < -0.39 is 10.0 Å². The number of thioether (sulfide) groups is 1. The van der Waals surface area contributed by atoms with Gasteiger partial charge in [-0.1, -0.05) is 0 Å². The molecule has 2 N–H and O–H groups in total. The zero-order valence-corrected chi connectivity index (χ0v) is 9.62. The number of primary sulfonamides is 1. The second kappa shape index (κ2) is 3.23. The van der Waals surface area contributed by atoms with Gasteiger partial charge >= 0.3 is 0 Å². The van der Waals surface area contributed by atoms with E-state index in [0.717, 1.165) is 0 Å². The molecule has 0 fully saturated rings. The van der Waals surface area contributed by atoms with Crippen LogP contribution >= 0.6 is 23.1 Å². The molecule has 0 radical (unpaired) electrons. The molecule has 8 heteroatoms. The van der Waals surface area contributed by atoms with Crippen LogP contribution in [0.3, 0.4) is 0 Å². The fourth-order valence-electron chi connectivity index (χ4n) is 1.14. The van der Waals surface area contributed by atoms with Crippen LogP contribution in [0.5, 0.6) is 0 Å². The maximum atomic E-state index is 11.3. The smallest absolute Gasteiger partial charge is 0.256 e. The third-order valence-corrected chi connectivity index (χ3v) is 4.14. The Bertz CT molecular complexity index is 568. The molecule has 2 rings (SSSR count). The Hall–Kier alpha value is -0.570. The van der Waals surface area contributed by atoms with Crippen LogP contribution in [0.2, 0.25) is 0 Å². The maximum Gasteiger partial charge on any atom is 0.256 e. The minimum atomic E-state index is -3.71. The van der Waals surface area contributed by atoms with Crippen LogP contribution in [0.4, 0.5) is 0 Å². The van der Waals surface area contributed by atoms with Gasteiger partial charge in [0.05, 0.1) is 0 Å². The normalized spacial score (nSPS) is 12.4. The molecule has 0 saturated heterocycles. The standard InChI is InChI=1S/C6H7N3O2S3/c1-12-4-5(14(7,10)11)9-2-3-13-6(9)8-4/h2-3H,1H3,(H2,7,10,11). The number of sulfonamides is 1. The summed E-state index contributed by atoms with van der Waals surface area (Å²) >= 11 is 2.64. The first-order valence-electron chi connectivity index (χ1n) is 3.56. The summed E-state index contributed by atoms with van der Waals surface area (Å²) in [5.74, 6) is 0. The van der Waals surface area contributed by atoms with E-state index in [1.54, 1.807) is 17.8 Å². The summed E-state index contributed by atoms with van der Waals surface area (Å²) in [6.07, 6.45) is 3.41. The van der Waals surface area contributed by atoms with Gasteiger partial charge in [-0.2, -0.15) is 0 Å². The van der Waals surface area contributed by atoms with E-state index in [-0.39, 0.29) is 5.03 Å². The number of rotatable bonds is 2. The van der Waals surface area contributed by atoms with Crippen LogP contribution < -0.4 is 5.14 Å². The topological polar surface area (TPSA) is 77.5 Å². The number of thiazole rings is 1. The largest absolute Gasteiger partial charge is 0.279 e. The van der Waals surface area contributed by atoms with Crippen molar-refractivity contribution >= 4 is 38.1 Å². The van der Waals surface area contributed by atoms with Gasteiger partial charge in [-0.05, 0) is 6.26 Å². The van der Waals surface area contributed by atoms with Gasteiger partial charge in [0.15, 0.2) is 9.99 Å². The average Bonchev–Trinajstić information content (AvgIpc) is 2.57. The van der Waals surface area contributed by atoms with Crippen molar-refractivity contribution in [3.8, 4) is 0 Å². The molecule has 5 nitrogen and oxygen atoms in total. The second-order valence-corrected chi connectivity index (χ2v) is 5.67. The number of aromatic nitrogens is 2. The van der Waals surface area contributed by atoms with E-state index in [0.29, 0.717) is 9.99 Å². The molecule has 0 aliphatic carbocycles. The summed E-state index contributed by atoms with van der Waals surface area (Å²) < 4.78 is 24.1. The number of nitrogens with zero attached hydrogens (tertiary/aromatic N) is 2. The maximum absolute atomic E-state index is 11.3. The monoisotopic (exact) mass is 249 g/mol. The second-order valence-electron chi connectivity index (χ2n) is 2.53. The van der Waals surface area contributed by atoms with Gasteiger partial charge in [-0.25, -0.2) is 18.5 Å². The van der Waals surface area contributed by atoms with Gasteiger partial charge in [0.2, 0.25) is 0 Å². The zero-order valence-electron chi connectivity index (χ0n) is 7.17. The average molecular weight is 249 g/mol. The van der Waals surface area contributed by atoms with Gasteiger partial charge in [-0.3, -0.25) is 4.40 Å². The molecular formula is C6H7N3O2S3. The van der Waals surface area contributed by atoms with E-state index in [1.165, 1.54) is 27.5 Å². The first-order chi connectivity index (χ1) is 6.54. The molecule has 0 bridgehead atoms. The first kappa shape index (κ1) is 9.97. The highest BCUT2D eigenvalue weighted by atomic mass is 32.2. The number of nitrogens with two attached hydrogens (primary N) is 1. The molecule has 0 unspecified atom stereocenters. The Kier molecular flexibility index (Phi) is 2.30. The minimum Gasteiger partial charge on any atom is -0.279 e. The Labute approximate surface area is 89.0 Å². The lowest BCUT2D eigenvalue weighted by molar-refractivity contribution is 0.590.